The lowest BCUT2D eigenvalue weighted by atomic mass is 9.94. The van der Waals surface area contributed by atoms with E-state index in [0.717, 1.165) is 43.9 Å². The Balaban J connectivity index is 1.40. The first-order valence-electron chi connectivity index (χ1n) is 14.6. The molecule has 2 N–H and O–H groups in total. The van der Waals surface area contributed by atoms with Crippen molar-refractivity contribution in [2.75, 3.05) is 82.7 Å². The number of methoxy groups -OCH3 is 2. The monoisotopic (exact) mass is 609 g/mol. The largest absolute Gasteiger partial charge is 0.494 e. The predicted octanol–water partition coefficient (Wildman–Crippen LogP) is 4.81. The van der Waals surface area contributed by atoms with Crippen LogP contribution >= 0.6 is 11.6 Å². The van der Waals surface area contributed by atoms with Crippen LogP contribution < -0.4 is 25.0 Å². The van der Waals surface area contributed by atoms with Gasteiger partial charge in [0.1, 0.15) is 23.1 Å². The third-order valence-electron chi connectivity index (χ3n) is 7.90. The SMILES string of the molecule is COCCOc1ccc(Nc2ncc(Cl)c(Nc3ccc(N4CCN(C(C)C)CC4)c4c3C(=O)N(C)CC4)n2)c(OC)c1. The van der Waals surface area contributed by atoms with E-state index in [1.165, 1.54) is 6.20 Å². The molecule has 0 unspecified atom stereocenters. The number of nitrogens with zero attached hydrogens (tertiary/aromatic N) is 5. The first-order chi connectivity index (χ1) is 20.8. The van der Waals surface area contributed by atoms with Gasteiger partial charge in [0.2, 0.25) is 5.95 Å². The number of carbonyl (C=O) groups is 1. The van der Waals surface area contributed by atoms with Crippen LogP contribution in [0.25, 0.3) is 0 Å². The average molecular weight is 610 g/mol. The van der Waals surface area contributed by atoms with Gasteiger partial charge in [-0.2, -0.15) is 4.98 Å². The highest BCUT2D eigenvalue weighted by Gasteiger charge is 2.30. The van der Waals surface area contributed by atoms with Gasteiger partial charge in [0.15, 0.2) is 5.82 Å². The lowest BCUT2D eigenvalue weighted by Crippen LogP contribution is -2.49. The first-order valence-corrected chi connectivity index (χ1v) is 14.9. The Hall–Kier alpha value is -3.80. The molecule has 0 saturated carbocycles. The van der Waals surface area contributed by atoms with Crippen molar-refractivity contribution in [2.24, 2.45) is 0 Å². The second-order valence-corrected chi connectivity index (χ2v) is 11.3. The lowest BCUT2D eigenvalue weighted by Gasteiger charge is -2.40. The van der Waals surface area contributed by atoms with Crippen molar-refractivity contribution in [3.63, 3.8) is 0 Å². The smallest absolute Gasteiger partial charge is 0.256 e. The number of carbonyl (C=O) groups excluding carboxylic acids is 1. The van der Waals surface area contributed by atoms with Crippen molar-refractivity contribution in [1.82, 2.24) is 19.8 Å². The summed E-state index contributed by atoms with van der Waals surface area (Å²) >= 11 is 6.55. The van der Waals surface area contributed by atoms with Crippen LogP contribution in [-0.2, 0) is 11.2 Å². The zero-order chi connectivity index (χ0) is 30.5. The number of nitrogens with one attached hydrogen (secondary N) is 2. The minimum absolute atomic E-state index is 0.0208. The van der Waals surface area contributed by atoms with Gasteiger partial charge in [-0.1, -0.05) is 11.6 Å². The molecule has 3 heterocycles. The Bertz CT molecular complexity index is 1450. The third-order valence-corrected chi connectivity index (χ3v) is 8.18. The van der Waals surface area contributed by atoms with Gasteiger partial charge in [-0.05, 0) is 50.1 Å². The fourth-order valence-corrected chi connectivity index (χ4v) is 5.59. The normalized spacial score (nSPS) is 15.5. The summed E-state index contributed by atoms with van der Waals surface area (Å²) in [7, 11) is 5.05. The van der Waals surface area contributed by atoms with Crippen LogP contribution in [0, 0.1) is 0 Å². The molecule has 5 rings (SSSR count). The van der Waals surface area contributed by atoms with Gasteiger partial charge in [0.25, 0.3) is 5.91 Å². The van der Waals surface area contributed by atoms with E-state index < -0.39 is 0 Å². The molecule has 1 fully saturated rings. The van der Waals surface area contributed by atoms with Gasteiger partial charge in [-0.25, -0.2) is 4.98 Å². The Kier molecular flexibility index (Phi) is 9.74. The zero-order valence-electron chi connectivity index (χ0n) is 25.4. The van der Waals surface area contributed by atoms with Gasteiger partial charge >= 0.3 is 0 Å². The number of hydrogen-bond donors (Lipinski definition) is 2. The van der Waals surface area contributed by atoms with E-state index in [-0.39, 0.29) is 5.91 Å². The van der Waals surface area contributed by atoms with Crippen molar-refractivity contribution in [1.29, 1.82) is 0 Å². The maximum atomic E-state index is 13.5. The van der Waals surface area contributed by atoms with Gasteiger partial charge in [-0.3, -0.25) is 9.69 Å². The molecule has 3 aromatic rings. The summed E-state index contributed by atoms with van der Waals surface area (Å²) < 4.78 is 16.3. The van der Waals surface area contributed by atoms with Crippen LogP contribution in [0.15, 0.2) is 36.5 Å². The number of hydrogen-bond acceptors (Lipinski definition) is 10. The number of piperazine rings is 1. The van der Waals surface area contributed by atoms with E-state index in [4.69, 9.17) is 25.8 Å². The highest BCUT2D eigenvalue weighted by Crippen LogP contribution is 2.37. The number of fused-ring (bicyclic) bond motifs is 1. The van der Waals surface area contributed by atoms with Gasteiger partial charge in [0, 0.05) is 64.7 Å². The summed E-state index contributed by atoms with van der Waals surface area (Å²) in [4.78, 5) is 29.2. The number of likely N-dealkylation sites (N-methyl/N-ethyl adjacent to an activating group) is 1. The molecular weight excluding hydrogens is 570 g/mol. The van der Waals surface area contributed by atoms with Crippen LogP contribution in [-0.4, -0.2) is 98.9 Å². The van der Waals surface area contributed by atoms with Gasteiger partial charge < -0.3 is 34.6 Å². The van der Waals surface area contributed by atoms with E-state index in [1.54, 1.807) is 25.2 Å². The fraction of sp³-hybridized carbons (Fsp3) is 0.452. The molecular formula is C31H40ClN7O4. The van der Waals surface area contributed by atoms with Crippen molar-refractivity contribution < 1.29 is 19.0 Å². The number of anilines is 5. The molecule has 0 spiro atoms. The van der Waals surface area contributed by atoms with Crippen LogP contribution in [0.1, 0.15) is 29.8 Å². The zero-order valence-corrected chi connectivity index (χ0v) is 26.2. The number of benzene rings is 2. The van der Waals surface area contributed by atoms with Crippen molar-refractivity contribution in [3.8, 4) is 11.5 Å². The van der Waals surface area contributed by atoms with E-state index in [1.807, 2.05) is 25.2 Å². The molecule has 11 nitrogen and oxygen atoms in total. The molecule has 2 aliphatic rings. The standard InChI is InChI=1S/C31H40ClN7O4/c1-20(2)38-12-14-39(15-13-38)26-9-8-25(28-22(26)10-11-37(3)30(28)40)34-29-23(32)19-33-31(36-29)35-24-7-6-21(18-27(24)42-5)43-17-16-41-4/h6-9,18-20H,10-17H2,1-5H3,(H2,33,34,35,36). The maximum absolute atomic E-state index is 13.5. The fourth-order valence-electron chi connectivity index (χ4n) is 5.46. The number of aromatic nitrogens is 2. The summed E-state index contributed by atoms with van der Waals surface area (Å²) in [6, 6.07) is 10.0. The molecule has 0 radical (unpaired) electrons. The molecule has 1 aromatic heterocycles. The van der Waals surface area contributed by atoms with Crippen molar-refractivity contribution >= 4 is 46.3 Å². The number of amides is 1. The van der Waals surface area contributed by atoms with E-state index in [0.29, 0.717) is 71.0 Å². The minimum atomic E-state index is -0.0208. The number of halogens is 1. The van der Waals surface area contributed by atoms with Crippen LogP contribution in [0.3, 0.4) is 0 Å². The highest BCUT2D eigenvalue weighted by molar-refractivity contribution is 6.33. The molecule has 0 atom stereocenters. The molecule has 2 aromatic carbocycles. The molecule has 1 saturated heterocycles. The molecule has 12 heteroatoms. The minimum Gasteiger partial charge on any atom is -0.494 e. The summed E-state index contributed by atoms with van der Waals surface area (Å²) in [5, 5.41) is 6.87. The average Bonchev–Trinajstić information content (AvgIpc) is 3.01. The molecule has 43 heavy (non-hydrogen) atoms. The summed E-state index contributed by atoms with van der Waals surface area (Å²) in [6.45, 7) is 9.92. The summed E-state index contributed by atoms with van der Waals surface area (Å²) in [6.07, 6.45) is 2.30. The summed E-state index contributed by atoms with van der Waals surface area (Å²) in [5.74, 6) is 1.90. The lowest BCUT2D eigenvalue weighted by molar-refractivity contribution is 0.0782. The molecule has 1 amide bonds. The first kappa shape index (κ1) is 30.7. The topological polar surface area (TPSA) is 104 Å². The van der Waals surface area contributed by atoms with Gasteiger partial charge in [-0.15, -0.1) is 0 Å². The second kappa shape index (κ2) is 13.7. The second-order valence-electron chi connectivity index (χ2n) is 10.9. The number of ether oxygens (including phenoxy) is 3. The third kappa shape index (κ3) is 6.90. The van der Waals surface area contributed by atoms with Crippen molar-refractivity contribution in [3.05, 3.63) is 52.7 Å². The van der Waals surface area contributed by atoms with E-state index in [2.05, 4.69) is 50.3 Å². The van der Waals surface area contributed by atoms with Crippen molar-refractivity contribution in [2.45, 2.75) is 26.3 Å². The van der Waals surface area contributed by atoms with E-state index >= 15 is 0 Å². The Morgan fingerprint density at radius 1 is 1.00 bits per heavy atom. The molecule has 230 valence electrons. The van der Waals surface area contributed by atoms with E-state index in [9.17, 15) is 4.79 Å². The number of rotatable bonds is 11. The molecule has 0 bridgehead atoms. The predicted molar refractivity (Wildman–Crippen MR) is 170 cm³/mol. The summed E-state index contributed by atoms with van der Waals surface area (Å²) in [5.41, 5.74) is 4.17. The van der Waals surface area contributed by atoms with Crippen LogP contribution in [0.2, 0.25) is 5.02 Å². The molecule has 2 aliphatic heterocycles. The quantitative estimate of drug-likeness (QED) is 0.294. The van der Waals surface area contributed by atoms with Crippen LogP contribution in [0.4, 0.5) is 28.8 Å². The Morgan fingerprint density at radius 3 is 2.49 bits per heavy atom. The van der Waals surface area contributed by atoms with Gasteiger partial charge in [0.05, 0.1) is 36.9 Å². The molecule has 0 aliphatic carbocycles. The Morgan fingerprint density at radius 2 is 1.77 bits per heavy atom. The highest BCUT2D eigenvalue weighted by atomic mass is 35.5. The van der Waals surface area contributed by atoms with Crippen LogP contribution in [0.5, 0.6) is 11.5 Å². The Labute approximate surface area is 258 Å². The maximum Gasteiger partial charge on any atom is 0.256 e.